The van der Waals surface area contributed by atoms with Crippen LogP contribution in [0.4, 0.5) is 17.6 Å². The van der Waals surface area contributed by atoms with Crippen LogP contribution in [0, 0.1) is 11.3 Å². The van der Waals surface area contributed by atoms with Crippen LogP contribution in [0.3, 0.4) is 0 Å². The van der Waals surface area contributed by atoms with Gasteiger partial charge < -0.3 is 9.47 Å². The van der Waals surface area contributed by atoms with Crippen molar-refractivity contribution in [2.24, 2.45) is 0 Å². The molecular weight excluding hydrogens is 336 g/mol. The highest BCUT2D eigenvalue weighted by atomic mass is 19.3. The van der Waals surface area contributed by atoms with Crippen molar-refractivity contribution in [2.75, 3.05) is 0 Å². The fourth-order valence-electron chi connectivity index (χ4n) is 1.76. The zero-order valence-corrected chi connectivity index (χ0v) is 11.7. The summed E-state index contributed by atoms with van der Waals surface area (Å²) in [6.45, 7) is -6.84. The molecule has 0 N–H and O–H groups in total. The summed E-state index contributed by atoms with van der Waals surface area (Å²) in [4.78, 5) is 15.7. The van der Waals surface area contributed by atoms with E-state index < -0.39 is 37.1 Å². The number of aromatic nitrogens is 3. The smallest absolute Gasteiger partial charge is 0.387 e. The monoisotopic (exact) mass is 344 g/mol. The van der Waals surface area contributed by atoms with E-state index >= 15 is 0 Å². The van der Waals surface area contributed by atoms with Gasteiger partial charge in [-0.1, -0.05) is 0 Å². The SMILES string of the molecule is N#Cc1ncn(CC(=O)c2ccc(OC(F)F)cc2OC(F)F)n1. The highest BCUT2D eigenvalue weighted by molar-refractivity contribution is 5.98. The van der Waals surface area contributed by atoms with Gasteiger partial charge in [0.25, 0.3) is 5.82 Å². The van der Waals surface area contributed by atoms with Gasteiger partial charge in [0.2, 0.25) is 0 Å². The number of nitrogens with zero attached hydrogens (tertiary/aromatic N) is 4. The Morgan fingerprint density at radius 2 is 1.96 bits per heavy atom. The molecule has 0 saturated carbocycles. The zero-order chi connectivity index (χ0) is 17.7. The predicted molar refractivity (Wildman–Crippen MR) is 68.8 cm³/mol. The molecule has 24 heavy (non-hydrogen) atoms. The van der Waals surface area contributed by atoms with Crippen molar-refractivity contribution in [2.45, 2.75) is 19.8 Å². The normalized spacial score (nSPS) is 10.7. The van der Waals surface area contributed by atoms with Crippen LogP contribution in [-0.4, -0.2) is 33.8 Å². The number of ether oxygens (including phenoxy) is 2. The van der Waals surface area contributed by atoms with E-state index in [-0.39, 0.29) is 11.4 Å². The van der Waals surface area contributed by atoms with Gasteiger partial charge in [0.05, 0.1) is 5.56 Å². The van der Waals surface area contributed by atoms with E-state index in [1.165, 1.54) is 0 Å². The number of halogens is 4. The number of benzene rings is 1. The van der Waals surface area contributed by atoms with Gasteiger partial charge in [0.15, 0.2) is 5.78 Å². The van der Waals surface area contributed by atoms with E-state index in [1.807, 2.05) is 0 Å². The fraction of sp³-hybridized carbons (Fsp3) is 0.231. The van der Waals surface area contributed by atoms with Crippen molar-refractivity contribution >= 4 is 5.78 Å². The molecule has 7 nitrogen and oxygen atoms in total. The summed E-state index contributed by atoms with van der Waals surface area (Å²) in [6, 6.07) is 4.44. The summed E-state index contributed by atoms with van der Waals surface area (Å²) in [5, 5.41) is 12.2. The van der Waals surface area contributed by atoms with Gasteiger partial charge in [0, 0.05) is 6.07 Å². The lowest BCUT2D eigenvalue weighted by Gasteiger charge is -2.12. The van der Waals surface area contributed by atoms with Gasteiger partial charge in [-0.3, -0.25) is 4.79 Å². The molecule has 0 fully saturated rings. The molecule has 0 amide bonds. The first-order valence-corrected chi connectivity index (χ1v) is 6.25. The maximum absolute atomic E-state index is 12.4. The van der Waals surface area contributed by atoms with Crippen molar-refractivity contribution in [3.63, 3.8) is 0 Å². The van der Waals surface area contributed by atoms with Gasteiger partial charge in [-0.05, 0) is 12.1 Å². The van der Waals surface area contributed by atoms with E-state index in [0.717, 1.165) is 29.2 Å². The molecule has 2 aromatic rings. The molecule has 0 aliphatic carbocycles. The molecule has 0 unspecified atom stereocenters. The molecule has 0 aliphatic rings. The number of rotatable bonds is 7. The van der Waals surface area contributed by atoms with E-state index in [0.29, 0.717) is 0 Å². The van der Waals surface area contributed by atoms with Crippen molar-refractivity contribution in [3.8, 4) is 17.6 Å². The molecular formula is C13H8F4N4O3. The number of hydrogen-bond acceptors (Lipinski definition) is 6. The number of nitriles is 1. The molecule has 1 aromatic carbocycles. The third kappa shape index (κ3) is 4.42. The Balaban J connectivity index is 2.26. The van der Waals surface area contributed by atoms with Crippen LogP contribution in [0.1, 0.15) is 16.2 Å². The lowest BCUT2D eigenvalue weighted by atomic mass is 10.1. The molecule has 11 heteroatoms. The minimum absolute atomic E-state index is 0.174. The summed E-state index contributed by atoms with van der Waals surface area (Å²) < 4.78 is 58.5. The van der Waals surface area contributed by atoms with Crippen molar-refractivity contribution in [3.05, 3.63) is 35.9 Å². The maximum atomic E-state index is 12.4. The number of hydrogen-bond donors (Lipinski definition) is 0. The Morgan fingerprint density at radius 1 is 1.25 bits per heavy atom. The van der Waals surface area contributed by atoms with Gasteiger partial charge >= 0.3 is 13.2 Å². The number of alkyl halides is 4. The molecule has 0 saturated heterocycles. The van der Waals surface area contributed by atoms with E-state index in [9.17, 15) is 22.4 Å². The molecule has 0 aliphatic heterocycles. The van der Waals surface area contributed by atoms with Crippen molar-refractivity contribution in [1.82, 2.24) is 14.8 Å². The Bertz CT molecular complexity index is 773. The second-order valence-electron chi connectivity index (χ2n) is 4.22. The van der Waals surface area contributed by atoms with E-state index in [4.69, 9.17) is 5.26 Å². The molecule has 0 spiro atoms. The first-order chi connectivity index (χ1) is 11.4. The Hall–Kier alpha value is -3.16. The average Bonchev–Trinajstić information content (AvgIpc) is 2.93. The number of Topliss-reactive ketones (excluding diaryl/α,β-unsaturated/α-hetero) is 1. The molecule has 2 rings (SSSR count). The van der Waals surface area contributed by atoms with Crippen LogP contribution in [-0.2, 0) is 6.54 Å². The molecule has 0 radical (unpaired) electrons. The third-order valence-electron chi connectivity index (χ3n) is 2.64. The summed E-state index contributed by atoms with van der Waals surface area (Å²) in [5.74, 6) is -1.94. The molecule has 1 heterocycles. The molecule has 126 valence electrons. The van der Waals surface area contributed by atoms with Gasteiger partial charge in [-0.25, -0.2) is 9.67 Å². The highest BCUT2D eigenvalue weighted by Gasteiger charge is 2.19. The summed E-state index contributed by atoms with van der Waals surface area (Å²) in [6.07, 6.45) is 1.11. The molecule has 0 atom stereocenters. The van der Waals surface area contributed by atoms with E-state index in [1.54, 1.807) is 6.07 Å². The van der Waals surface area contributed by atoms with Crippen LogP contribution < -0.4 is 9.47 Å². The minimum Gasteiger partial charge on any atom is -0.435 e. The Morgan fingerprint density at radius 3 is 2.54 bits per heavy atom. The summed E-state index contributed by atoms with van der Waals surface area (Å²) in [5.41, 5.74) is -0.286. The van der Waals surface area contributed by atoms with Crippen LogP contribution >= 0.6 is 0 Å². The molecule has 0 bridgehead atoms. The first kappa shape index (κ1) is 17.2. The zero-order valence-electron chi connectivity index (χ0n) is 11.7. The van der Waals surface area contributed by atoms with Crippen molar-refractivity contribution < 1.29 is 31.8 Å². The van der Waals surface area contributed by atoms with Gasteiger partial charge in [-0.2, -0.15) is 22.8 Å². The standard InChI is InChI=1S/C13H8F4N4O3/c14-12(15)23-7-1-2-8(10(3-7)24-13(16)17)9(22)5-21-6-19-11(4-18)20-21/h1-3,6,12-13H,5H2. The van der Waals surface area contributed by atoms with E-state index in [2.05, 4.69) is 19.6 Å². The lowest BCUT2D eigenvalue weighted by Crippen LogP contribution is -2.14. The van der Waals surface area contributed by atoms with Gasteiger partial charge in [0.1, 0.15) is 30.4 Å². The maximum Gasteiger partial charge on any atom is 0.387 e. The van der Waals surface area contributed by atoms with Crippen LogP contribution in [0.25, 0.3) is 0 Å². The van der Waals surface area contributed by atoms with Crippen LogP contribution in [0.5, 0.6) is 11.5 Å². The van der Waals surface area contributed by atoms with Crippen molar-refractivity contribution in [1.29, 1.82) is 5.26 Å². The summed E-state index contributed by atoms with van der Waals surface area (Å²) >= 11 is 0. The lowest BCUT2D eigenvalue weighted by molar-refractivity contribution is -0.0544. The predicted octanol–water partition coefficient (Wildman–Crippen LogP) is 2.24. The molecule has 1 aromatic heterocycles. The summed E-state index contributed by atoms with van der Waals surface area (Å²) in [7, 11) is 0. The topological polar surface area (TPSA) is 90.0 Å². The number of carbonyl (C=O) groups excluding carboxylic acids is 1. The Labute approximate surface area is 132 Å². The number of carbonyl (C=O) groups is 1. The first-order valence-electron chi connectivity index (χ1n) is 6.25. The third-order valence-corrected chi connectivity index (χ3v) is 2.64. The number of ketones is 1. The van der Waals surface area contributed by atoms with Crippen LogP contribution in [0.2, 0.25) is 0 Å². The largest absolute Gasteiger partial charge is 0.435 e. The quantitative estimate of drug-likeness (QED) is 0.565. The Kier molecular flexibility index (Phi) is 5.31. The fourth-order valence-corrected chi connectivity index (χ4v) is 1.76. The minimum atomic E-state index is -3.27. The highest BCUT2D eigenvalue weighted by Crippen LogP contribution is 2.28. The second-order valence-corrected chi connectivity index (χ2v) is 4.22. The second kappa shape index (κ2) is 7.40. The average molecular weight is 344 g/mol. The van der Waals surface area contributed by atoms with Crippen LogP contribution in [0.15, 0.2) is 24.5 Å². The van der Waals surface area contributed by atoms with Gasteiger partial charge in [-0.15, -0.1) is 5.10 Å².